The lowest BCUT2D eigenvalue weighted by atomic mass is 10.0. The summed E-state index contributed by atoms with van der Waals surface area (Å²) in [5.41, 5.74) is 6.62. The van der Waals surface area contributed by atoms with Crippen molar-refractivity contribution in [2.24, 2.45) is 0 Å². The van der Waals surface area contributed by atoms with E-state index in [1.54, 1.807) is 24.3 Å². The van der Waals surface area contributed by atoms with Gasteiger partial charge in [0, 0.05) is 36.8 Å². The summed E-state index contributed by atoms with van der Waals surface area (Å²) < 4.78 is 23.2. The summed E-state index contributed by atoms with van der Waals surface area (Å²) in [7, 11) is -1.14. The molecule has 1 N–H and O–H groups in total. The number of amides is 1. The summed E-state index contributed by atoms with van der Waals surface area (Å²) in [4.78, 5) is 15.1. The molecule has 0 bridgehead atoms. The zero-order valence-corrected chi connectivity index (χ0v) is 20.4. The van der Waals surface area contributed by atoms with Crippen LogP contribution in [-0.4, -0.2) is 27.6 Å². The number of hydrogen-bond acceptors (Lipinski definition) is 4. The molecule has 0 saturated heterocycles. The molecule has 3 aromatic carbocycles. The number of carbonyl (C=O) groups is 1. The molecule has 0 atom stereocenters. The topological polar surface area (TPSA) is 66.5 Å². The second-order valence-corrected chi connectivity index (χ2v) is 11.6. The van der Waals surface area contributed by atoms with Crippen molar-refractivity contribution in [2.75, 3.05) is 18.2 Å². The van der Waals surface area contributed by atoms with E-state index in [1.165, 1.54) is 48.8 Å². The van der Waals surface area contributed by atoms with Gasteiger partial charge in [-0.2, -0.15) is 0 Å². The lowest BCUT2D eigenvalue weighted by Gasteiger charge is -2.22. The second kappa shape index (κ2) is 8.91. The van der Waals surface area contributed by atoms with Crippen molar-refractivity contribution >= 4 is 27.1 Å². The maximum absolute atomic E-state index is 12.6. The van der Waals surface area contributed by atoms with Crippen molar-refractivity contribution in [1.82, 2.24) is 5.32 Å². The Morgan fingerprint density at radius 3 is 1.91 bits per heavy atom. The number of nitrogens with zero attached hydrogens (tertiary/aromatic N) is 1. The molecule has 0 aliphatic heterocycles. The van der Waals surface area contributed by atoms with E-state index < -0.39 is 9.84 Å². The summed E-state index contributed by atoms with van der Waals surface area (Å²) in [6.07, 6.45) is 6.36. The van der Waals surface area contributed by atoms with E-state index >= 15 is 0 Å². The van der Waals surface area contributed by atoms with Crippen molar-refractivity contribution in [3.8, 4) is 0 Å². The van der Waals surface area contributed by atoms with Gasteiger partial charge in [0.05, 0.1) is 4.90 Å². The lowest BCUT2D eigenvalue weighted by molar-refractivity contribution is 0.0951. The van der Waals surface area contributed by atoms with Gasteiger partial charge in [-0.15, -0.1) is 0 Å². The highest BCUT2D eigenvalue weighted by atomic mass is 32.2. The molecule has 3 aromatic rings. The second-order valence-electron chi connectivity index (χ2n) is 9.61. The van der Waals surface area contributed by atoms with E-state index in [9.17, 15) is 13.2 Å². The minimum Gasteiger partial charge on any atom is -0.348 e. The zero-order valence-electron chi connectivity index (χ0n) is 19.6. The molecule has 5 nitrogen and oxygen atoms in total. The summed E-state index contributed by atoms with van der Waals surface area (Å²) >= 11 is 0. The fourth-order valence-corrected chi connectivity index (χ4v) is 4.91. The molecule has 2 aliphatic rings. The van der Waals surface area contributed by atoms with Crippen LogP contribution in [0.4, 0.5) is 11.4 Å². The van der Waals surface area contributed by atoms with E-state index in [4.69, 9.17) is 0 Å². The average Bonchev–Trinajstić information content (AvgIpc) is 3.74. The SMILES string of the molecule is CN(c1ccc(C(=O)NCc2ccc(S(C)(=O)=O)cc2)cc1)c1cc(C2CC2)cc(C2CC2)c1. The Bertz CT molecular complexity index is 1280. The van der Waals surface area contributed by atoms with Crippen LogP contribution >= 0.6 is 0 Å². The third-order valence-electron chi connectivity index (χ3n) is 6.77. The van der Waals surface area contributed by atoms with E-state index in [0.717, 1.165) is 23.1 Å². The van der Waals surface area contributed by atoms with E-state index in [-0.39, 0.29) is 10.8 Å². The molecule has 2 fully saturated rings. The number of hydrogen-bond donors (Lipinski definition) is 1. The van der Waals surface area contributed by atoms with Gasteiger partial charge in [-0.05, 0) is 103 Å². The number of sulfone groups is 1. The maximum atomic E-state index is 12.6. The Morgan fingerprint density at radius 1 is 0.853 bits per heavy atom. The quantitative estimate of drug-likeness (QED) is 0.465. The van der Waals surface area contributed by atoms with Crippen LogP contribution in [0, 0.1) is 0 Å². The molecular formula is C28H30N2O3S. The summed E-state index contributed by atoms with van der Waals surface area (Å²) in [6, 6.07) is 21.3. The van der Waals surface area contributed by atoms with Crippen LogP contribution in [0.1, 0.15) is 64.6 Å². The molecule has 0 heterocycles. The smallest absolute Gasteiger partial charge is 0.251 e. The highest BCUT2D eigenvalue weighted by molar-refractivity contribution is 7.90. The van der Waals surface area contributed by atoms with Crippen molar-refractivity contribution in [2.45, 2.75) is 49.0 Å². The van der Waals surface area contributed by atoms with Gasteiger partial charge in [-0.3, -0.25) is 4.79 Å². The minimum absolute atomic E-state index is 0.159. The molecule has 5 rings (SSSR count). The molecule has 34 heavy (non-hydrogen) atoms. The first-order valence-electron chi connectivity index (χ1n) is 11.8. The first kappa shape index (κ1) is 22.7. The van der Waals surface area contributed by atoms with E-state index in [1.807, 2.05) is 24.3 Å². The highest BCUT2D eigenvalue weighted by Gasteiger charge is 2.29. The van der Waals surface area contributed by atoms with Crippen LogP contribution in [0.3, 0.4) is 0 Å². The Labute approximate surface area is 201 Å². The largest absolute Gasteiger partial charge is 0.348 e. The number of anilines is 2. The van der Waals surface area contributed by atoms with Gasteiger partial charge in [-0.1, -0.05) is 18.2 Å². The third kappa shape index (κ3) is 5.17. The Morgan fingerprint density at radius 2 is 1.41 bits per heavy atom. The van der Waals surface area contributed by atoms with Crippen LogP contribution < -0.4 is 10.2 Å². The van der Waals surface area contributed by atoms with Gasteiger partial charge in [-0.25, -0.2) is 8.42 Å². The van der Waals surface area contributed by atoms with Crippen LogP contribution in [0.5, 0.6) is 0 Å². The molecule has 0 unspecified atom stereocenters. The van der Waals surface area contributed by atoms with Crippen molar-refractivity contribution in [1.29, 1.82) is 0 Å². The maximum Gasteiger partial charge on any atom is 0.251 e. The summed E-state index contributed by atoms with van der Waals surface area (Å²) in [6.45, 7) is 0.336. The van der Waals surface area contributed by atoms with Gasteiger partial charge in [0.15, 0.2) is 9.84 Å². The van der Waals surface area contributed by atoms with Gasteiger partial charge < -0.3 is 10.2 Å². The minimum atomic E-state index is -3.22. The summed E-state index contributed by atoms with van der Waals surface area (Å²) in [5, 5.41) is 2.91. The van der Waals surface area contributed by atoms with Gasteiger partial charge >= 0.3 is 0 Å². The standard InChI is InChI=1S/C28H30N2O3S/c1-30(26-16-23(20-5-6-20)15-24(17-26)21-7-8-21)25-11-9-22(10-12-25)28(31)29-18-19-3-13-27(14-4-19)34(2,32)33/h3-4,9-17,20-21H,5-8,18H2,1-2H3,(H,29,31). The van der Waals surface area contributed by atoms with Crippen molar-refractivity contribution in [3.05, 3.63) is 89.0 Å². The van der Waals surface area contributed by atoms with Crippen LogP contribution in [-0.2, 0) is 16.4 Å². The molecule has 0 radical (unpaired) electrons. The number of benzene rings is 3. The Balaban J connectivity index is 1.25. The monoisotopic (exact) mass is 474 g/mol. The van der Waals surface area contributed by atoms with Crippen LogP contribution in [0.15, 0.2) is 71.6 Å². The van der Waals surface area contributed by atoms with Gasteiger partial charge in [0.1, 0.15) is 0 Å². The molecular weight excluding hydrogens is 444 g/mol. The lowest BCUT2D eigenvalue weighted by Crippen LogP contribution is -2.22. The average molecular weight is 475 g/mol. The Hall–Kier alpha value is -3.12. The molecule has 176 valence electrons. The molecule has 1 amide bonds. The number of rotatable bonds is 8. The fraction of sp³-hybridized carbons (Fsp3) is 0.321. The van der Waals surface area contributed by atoms with Gasteiger partial charge in [0.2, 0.25) is 0 Å². The molecule has 2 saturated carbocycles. The highest BCUT2D eigenvalue weighted by Crippen LogP contribution is 2.46. The van der Waals surface area contributed by atoms with Crippen molar-refractivity contribution in [3.63, 3.8) is 0 Å². The fourth-order valence-electron chi connectivity index (χ4n) is 4.28. The third-order valence-corrected chi connectivity index (χ3v) is 7.90. The van der Waals surface area contributed by atoms with E-state index in [2.05, 4.69) is 35.5 Å². The van der Waals surface area contributed by atoms with E-state index in [0.29, 0.717) is 12.1 Å². The Kier molecular flexibility index (Phi) is 5.94. The van der Waals surface area contributed by atoms with Crippen molar-refractivity contribution < 1.29 is 13.2 Å². The van der Waals surface area contributed by atoms with Gasteiger partial charge in [0.25, 0.3) is 5.91 Å². The number of nitrogens with one attached hydrogen (secondary N) is 1. The molecule has 2 aliphatic carbocycles. The number of carbonyl (C=O) groups excluding carboxylic acids is 1. The molecule has 0 spiro atoms. The first-order chi connectivity index (χ1) is 16.3. The normalized spacial score (nSPS) is 15.7. The predicted octanol–water partition coefficient (Wildman–Crippen LogP) is 5.54. The zero-order chi connectivity index (χ0) is 23.9. The predicted molar refractivity (Wildman–Crippen MR) is 136 cm³/mol. The first-order valence-corrected chi connectivity index (χ1v) is 13.7. The van der Waals surface area contributed by atoms with Crippen LogP contribution in [0.2, 0.25) is 0 Å². The van der Waals surface area contributed by atoms with Crippen LogP contribution in [0.25, 0.3) is 0 Å². The summed E-state index contributed by atoms with van der Waals surface area (Å²) in [5.74, 6) is 1.28. The molecule has 0 aromatic heterocycles. The molecule has 6 heteroatoms.